The number of aromatic nitrogens is 3. The maximum absolute atomic E-state index is 12.8. The molecule has 0 saturated carbocycles. The maximum Gasteiger partial charge on any atom is 0.492 e. The summed E-state index contributed by atoms with van der Waals surface area (Å²) in [7, 11) is -4.38. The molecule has 2 N–H and O–H groups in total. The number of halogens is 7. The molecule has 40 heavy (non-hydrogen) atoms. The molecule has 0 spiro atoms. The molecule has 0 aliphatic heterocycles. The number of ether oxygens (including phenoxy) is 1. The maximum atomic E-state index is 12.8. The van der Waals surface area contributed by atoms with Gasteiger partial charge >= 0.3 is 18.3 Å². The largest absolute Gasteiger partial charge is 0.492 e. The molecule has 0 fully saturated rings. The highest BCUT2D eigenvalue weighted by Crippen LogP contribution is 2.33. The molecule has 3 rings (SSSR count). The number of benzene rings is 1. The first kappa shape index (κ1) is 30.8. The van der Waals surface area contributed by atoms with Crippen molar-refractivity contribution in [1.29, 1.82) is 0 Å². The van der Waals surface area contributed by atoms with Gasteiger partial charge in [0, 0.05) is 17.6 Å². The van der Waals surface area contributed by atoms with E-state index in [1.165, 1.54) is 6.07 Å². The highest BCUT2D eigenvalue weighted by atomic mass is 79.9. The number of pyridine rings is 1. The van der Waals surface area contributed by atoms with Gasteiger partial charge in [0.2, 0.25) is 0 Å². The number of carbonyl (C=O) groups excluding carboxylic acids is 1. The zero-order chi connectivity index (χ0) is 29.9. The Hall–Kier alpha value is -3.71. The number of nitrogens with one attached hydrogen (secondary N) is 2. The number of carbonyl (C=O) groups is 1. The Morgan fingerprint density at radius 1 is 1.00 bits per heavy atom. The quantitative estimate of drug-likeness (QED) is 0.238. The topological polar surface area (TPSA) is 136 Å². The number of sulfonamides is 1. The number of nitrogens with zero attached hydrogens (tertiary/aromatic N) is 4. The van der Waals surface area contributed by atoms with Crippen LogP contribution in [0, 0.1) is 6.92 Å². The minimum atomic E-state index is -5.49. The van der Waals surface area contributed by atoms with E-state index in [1.54, 1.807) is 19.1 Å². The van der Waals surface area contributed by atoms with Crippen molar-refractivity contribution in [2.24, 2.45) is 0 Å². The van der Waals surface area contributed by atoms with Gasteiger partial charge in [-0.15, -0.1) is 0 Å². The third-order valence-electron chi connectivity index (χ3n) is 4.63. The van der Waals surface area contributed by atoms with E-state index >= 15 is 0 Å². The zero-order valence-electron chi connectivity index (χ0n) is 20.1. The molecule has 0 bridgehead atoms. The molecule has 19 heteroatoms. The van der Waals surface area contributed by atoms with E-state index < -0.39 is 45.6 Å². The van der Waals surface area contributed by atoms with Crippen LogP contribution in [0.15, 0.2) is 52.1 Å². The molecule has 0 aliphatic rings. The Morgan fingerprint density at radius 2 is 1.65 bits per heavy atom. The summed E-state index contributed by atoms with van der Waals surface area (Å²) in [6.07, 6.45) is -9.16. The molecule has 0 amide bonds. The summed E-state index contributed by atoms with van der Waals surface area (Å²) in [6, 6.07) is 7.00. The van der Waals surface area contributed by atoms with Crippen LogP contribution in [-0.2, 0) is 19.7 Å². The lowest BCUT2D eigenvalue weighted by Crippen LogP contribution is -2.36. The van der Waals surface area contributed by atoms with E-state index in [0.29, 0.717) is 18.6 Å². The molecule has 216 valence electrons. The number of hydrogen-bond acceptors (Lipinski definition) is 10. The van der Waals surface area contributed by atoms with Crippen molar-refractivity contribution < 1.29 is 49.1 Å². The lowest BCUT2D eigenvalue weighted by molar-refractivity contribution is -0.219. The van der Waals surface area contributed by atoms with Crippen LogP contribution in [0.5, 0.6) is 5.75 Å². The Balaban J connectivity index is 1.94. The van der Waals surface area contributed by atoms with E-state index in [2.05, 4.69) is 46.4 Å². The lowest BCUT2D eigenvalue weighted by atomic mass is 10.3. The van der Waals surface area contributed by atoms with E-state index in [0.717, 1.165) is 29.0 Å². The van der Waals surface area contributed by atoms with Crippen LogP contribution in [0.4, 0.5) is 49.5 Å². The molecule has 0 unspecified atom stereocenters. The van der Waals surface area contributed by atoms with Crippen LogP contribution >= 0.6 is 15.9 Å². The third-order valence-corrected chi connectivity index (χ3v) is 7.07. The smallest absolute Gasteiger partial charge is 0.482 e. The second kappa shape index (κ2) is 11.8. The molecule has 2 heterocycles. The first-order chi connectivity index (χ1) is 18.5. The van der Waals surface area contributed by atoms with Crippen molar-refractivity contribution in [2.75, 3.05) is 24.3 Å². The average molecular weight is 659 g/mol. The fourth-order valence-electron chi connectivity index (χ4n) is 2.80. The standard InChI is InChI=1S/C21H17BrF6N6O5S/c1-11-13(22)4-6-16(31-11)33-18-8-17(29-10-30-18)32-14-7-12(3-5-15(14)38-9-20(23,24)25)40(36,37)34(2)39-19(35)21(26,27)28/h3-8,10H,9H2,1-2H3,(H2,29,30,31,32,33). The molecule has 11 nitrogen and oxygen atoms in total. The normalized spacial score (nSPS) is 12.2. The summed E-state index contributed by atoms with van der Waals surface area (Å²) in [4.78, 5) is 26.4. The molecular formula is C21H17BrF6N6O5S. The summed E-state index contributed by atoms with van der Waals surface area (Å²) in [5.41, 5.74) is 0.288. The van der Waals surface area contributed by atoms with Gasteiger partial charge in [-0.1, -0.05) is 0 Å². The summed E-state index contributed by atoms with van der Waals surface area (Å²) < 4.78 is 106. The van der Waals surface area contributed by atoms with Gasteiger partial charge in [0.15, 0.2) is 6.61 Å². The highest BCUT2D eigenvalue weighted by Gasteiger charge is 2.44. The van der Waals surface area contributed by atoms with Gasteiger partial charge < -0.3 is 20.2 Å². The van der Waals surface area contributed by atoms with E-state index in [1.807, 2.05) is 0 Å². The fraction of sp³-hybridized carbons (Fsp3) is 0.238. The van der Waals surface area contributed by atoms with Crippen LogP contribution in [0.3, 0.4) is 0 Å². The Labute approximate surface area is 230 Å². The Bertz CT molecular complexity index is 1510. The van der Waals surface area contributed by atoms with Crippen molar-refractivity contribution >= 4 is 55.1 Å². The summed E-state index contributed by atoms with van der Waals surface area (Å²) in [5, 5.41) is 5.48. The van der Waals surface area contributed by atoms with Crippen molar-refractivity contribution in [3.05, 3.63) is 52.9 Å². The molecular weight excluding hydrogens is 642 g/mol. The predicted molar refractivity (Wildman–Crippen MR) is 130 cm³/mol. The Kier molecular flexibility index (Phi) is 9.10. The van der Waals surface area contributed by atoms with E-state index in [4.69, 9.17) is 4.74 Å². The fourth-order valence-corrected chi connectivity index (χ4v) is 3.99. The molecule has 0 aliphatic carbocycles. The predicted octanol–water partition coefficient (Wildman–Crippen LogP) is 5.01. The average Bonchev–Trinajstić information content (AvgIpc) is 2.84. The third kappa shape index (κ3) is 8.15. The van der Waals surface area contributed by atoms with Gasteiger partial charge in [-0.3, -0.25) is 0 Å². The van der Waals surface area contributed by atoms with Gasteiger partial charge in [-0.2, -0.15) is 26.3 Å². The molecule has 0 saturated heterocycles. The number of anilines is 4. The SMILES string of the molecule is Cc1nc(Nc2cc(Nc3cc(S(=O)(=O)N(C)OC(=O)C(F)(F)F)ccc3OCC(F)(F)F)ncn2)ccc1Br. The second-order valence-corrected chi connectivity index (χ2v) is 10.4. The zero-order valence-corrected chi connectivity index (χ0v) is 22.5. The van der Waals surface area contributed by atoms with Crippen LogP contribution in [-0.4, -0.2) is 59.8 Å². The van der Waals surface area contributed by atoms with Gasteiger partial charge in [-0.05, 0) is 57.7 Å². The summed E-state index contributed by atoms with van der Waals surface area (Å²) in [5.74, 6) is -2.76. The molecule has 3 aromatic rings. The van der Waals surface area contributed by atoms with Crippen LogP contribution in [0.25, 0.3) is 0 Å². The number of rotatable bonds is 9. The van der Waals surface area contributed by atoms with E-state index in [-0.39, 0.29) is 21.8 Å². The highest BCUT2D eigenvalue weighted by molar-refractivity contribution is 9.10. The van der Waals surface area contributed by atoms with Crippen molar-refractivity contribution in [3.63, 3.8) is 0 Å². The Morgan fingerprint density at radius 3 is 2.25 bits per heavy atom. The summed E-state index contributed by atoms with van der Waals surface area (Å²) >= 11 is 3.32. The molecule has 0 atom stereocenters. The van der Waals surface area contributed by atoms with E-state index in [9.17, 15) is 39.6 Å². The number of hydroxylamine groups is 1. The minimum Gasteiger partial charge on any atom is -0.482 e. The van der Waals surface area contributed by atoms with Crippen LogP contribution in [0.2, 0.25) is 0 Å². The number of hydrogen-bond donors (Lipinski definition) is 2. The number of aryl methyl sites for hydroxylation is 1. The van der Waals surface area contributed by atoms with Crippen LogP contribution in [0.1, 0.15) is 5.69 Å². The first-order valence-electron chi connectivity index (χ1n) is 10.6. The first-order valence-corrected chi connectivity index (χ1v) is 12.8. The van der Waals surface area contributed by atoms with Crippen molar-refractivity contribution in [3.8, 4) is 5.75 Å². The van der Waals surface area contributed by atoms with Gasteiger partial charge in [0.05, 0.1) is 16.3 Å². The van der Waals surface area contributed by atoms with Gasteiger partial charge in [-0.25, -0.2) is 28.2 Å². The molecule has 0 radical (unpaired) electrons. The molecule has 2 aromatic heterocycles. The van der Waals surface area contributed by atoms with Crippen molar-refractivity contribution in [1.82, 2.24) is 19.4 Å². The van der Waals surface area contributed by atoms with Crippen LogP contribution < -0.4 is 15.4 Å². The summed E-state index contributed by atoms with van der Waals surface area (Å²) in [6.45, 7) is -0.00468. The molecule has 1 aromatic carbocycles. The minimum absolute atomic E-state index is 0.0467. The van der Waals surface area contributed by atoms with Gasteiger partial charge in [0.1, 0.15) is 29.5 Å². The number of alkyl halides is 6. The van der Waals surface area contributed by atoms with Gasteiger partial charge in [0.25, 0.3) is 10.0 Å². The monoisotopic (exact) mass is 658 g/mol. The van der Waals surface area contributed by atoms with Crippen molar-refractivity contribution in [2.45, 2.75) is 24.2 Å². The second-order valence-electron chi connectivity index (χ2n) is 7.66. The lowest BCUT2D eigenvalue weighted by Gasteiger charge is -2.19.